The summed E-state index contributed by atoms with van der Waals surface area (Å²) in [5, 5.41) is 5.36. The topological polar surface area (TPSA) is 89.9 Å². The van der Waals surface area contributed by atoms with Gasteiger partial charge in [0.1, 0.15) is 12.1 Å². The minimum absolute atomic E-state index is 0.0398. The van der Waals surface area contributed by atoms with Crippen LogP contribution in [0.25, 0.3) is 11.0 Å². The van der Waals surface area contributed by atoms with Crippen LogP contribution in [0.3, 0.4) is 0 Å². The van der Waals surface area contributed by atoms with Crippen LogP contribution < -0.4 is 5.73 Å². The fourth-order valence-corrected chi connectivity index (χ4v) is 2.91. The number of nitrogens with two attached hydrogens (primary N) is 1. The lowest BCUT2D eigenvalue weighted by Gasteiger charge is -2.32. The fourth-order valence-electron chi connectivity index (χ4n) is 2.91. The van der Waals surface area contributed by atoms with E-state index in [1.54, 1.807) is 4.90 Å². The van der Waals surface area contributed by atoms with E-state index in [0.717, 1.165) is 36.1 Å². The molecule has 7 nitrogen and oxygen atoms in total. The van der Waals surface area contributed by atoms with Crippen molar-refractivity contribution in [2.24, 2.45) is 0 Å². The van der Waals surface area contributed by atoms with Crippen LogP contribution in [0.5, 0.6) is 0 Å². The molecule has 1 aliphatic heterocycles. The van der Waals surface area contributed by atoms with Crippen molar-refractivity contribution in [2.75, 3.05) is 18.8 Å². The zero-order valence-corrected chi connectivity index (χ0v) is 12.0. The number of amides is 1. The largest absolute Gasteiger partial charge is 0.383 e. The van der Waals surface area contributed by atoms with Crippen molar-refractivity contribution >= 4 is 22.8 Å². The smallest absolute Gasteiger partial charge is 0.246 e. The predicted molar refractivity (Wildman–Crippen MR) is 79.5 cm³/mol. The number of nitrogen functional groups attached to an aromatic ring is 1. The average molecular weight is 286 g/mol. The first kappa shape index (κ1) is 13.5. The van der Waals surface area contributed by atoms with Gasteiger partial charge in [-0.15, -0.1) is 0 Å². The Morgan fingerprint density at radius 1 is 1.52 bits per heavy atom. The highest BCUT2D eigenvalue weighted by Gasteiger charge is 2.26. The Bertz CT molecular complexity index is 707. The van der Waals surface area contributed by atoms with Gasteiger partial charge in [-0.1, -0.05) is 6.58 Å². The number of aryl methyl sites for hydroxylation is 1. The number of rotatable bonds is 2. The van der Waals surface area contributed by atoms with E-state index in [2.05, 4.69) is 21.6 Å². The molecule has 1 saturated heterocycles. The fraction of sp³-hybridized carbons (Fsp3) is 0.429. The summed E-state index contributed by atoms with van der Waals surface area (Å²) in [6.07, 6.45) is 4.70. The Labute approximate surface area is 122 Å². The second kappa shape index (κ2) is 5.16. The molecule has 0 unspecified atom stereocenters. The van der Waals surface area contributed by atoms with Gasteiger partial charge in [0, 0.05) is 13.1 Å². The normalized spacial score (nSPS) is 18.9. The summed E-state index contributed by atoms with van der Waals surface area (Å²) in [7, 11) is 0. The molecule has 7 heteroatoms. The molecule has 0 aromatic carbocycles. The number of hydrogen-bond donors (Lipinski definition) is 1. The highest BCUT2D eigenvalue weighted by Crippen LogP contribution is 2.27. The highest BCUT2D eigenvalue weighted by atomic mass is 16.2. The van der Waals surface area contributed by atoms with E-state index in [4.69, 9.17) is 5.73 Å². The number of carbonyl (C=O) groups excluding carboxylic acids is 1. The van der Waals surface area contributed by atoms with Crippen molar-refractivity contribution in [2.45, 2.75) is 25.8 Å². The van der Waals surface area contributed by atoms with Gasteiger partial charge in [-0.25, -0.2) is 14.6 Å². The number of carbonyl (C=O) groups is 1. The van der Waals surface area contributed by atoms with Gasteiger partial charge in [0.25, 0.3) is 0 Å². The summed E-state index contributed by atoms with van der Waals surface area (Å²) in [5.74, 6) is 0.403. The van der Waals surface area contributed by atoms with Crippen LogP contribution in [0.4, 0.5) is 5.82 Å². The standard InChI is InChI=1S/C14H18N6O/c1-3-11(21)19-6-4-5-10(7-19)20-14-12(9(2)18-20)13(15)16-8-17-14/h3,8,10H,1,4-7H2,2H3,(H2,15,16,17)/t10-/m1/s1. The third-order valence-corrected chi connectivity index (χ3v) is 3.92. The third-order valence-electron chi connectivity index (χ3n) is 3.92. The Balaban J connectivity index is 1.99. The molecule has 2 aromatic heterocycles. The van der Waals surface area contributed by atoms with Gasteiger partial charge < -0.3 is 10.6 Å². The number of likely N-dealkylation sites (tertiary alicyclic amines) is 1. The average Bonchev–Trinajstić information content (AvgIpc) is 2.85. The number of hydrogen-bond acceptors (Lipinski definition) is 5. The summed E-state index contributed by atoms with van der Waals surface area (Å²) in [4.78, 5) is 21.9. The molecule has 2 N–H and O–H groups in total. The van der Waals surface area contributed by atoms with Gasteiger partial charge in [0.15, 0.2) is 5.65 Å². The summed E-state index contributed by atoms with van der Waals surface area (Å²) in [6, 6.07) is 0.105. The number of fused-ring (bicyclic) bond motifs is 1. The lowest BCUT2D eigenvalue weighted by atomic mass is 10.1. The Morgan fingerprint density at radius 3 is 3.10 bits per heavy atom. The lowest BCUT2D eigenvalue weighted by Crippen LogP contribution is -2.40. The number of nitrogens with zero attached hydrogens (tertiary/aromatic N) is 5. The minimum atomic E-state index is -0.0398. The van der Waals surface area contributed by atoms with Crippen molar-refractivity contribution in [1.82, 2.24) is 24.6 Å². The molecule has 3 rings (SSSR count). The van der Waals surface area contributed by atoms with Crippen molar-refractivity contribution in [3.05, 3.63) is 24.7 Å². The quantitative estimate of drug-likeness (QED) is 0.834. The van der Waals surface area contributed by atoms with E-state index >= 15 is 0 Å². The van der Waals surface area contributed by atoms with Gasteiger partial charge in [-0.05, 0) is 25.8 Å². The van der Waals surface area contributed by atoms with E-state index < -0.39 is 0 Å². The minimum Gasteiger partial charge on any atom is -0.383 e. The van der Waals surface area contributed by atoms with Gasteiger partial charge in [-0.3, -0.25) is 4.79 Å². The SMILES string of the molecule is C=CC(=O)N1CCC[C@@H](n2nc(C)c3c(N)ncnc32)C1. The molecule has 0 saturated carbocycles. The van der Waals surface area contributed by atoms with Gasteiger partial charge in [0.2, 0.25) is 5.91 Å². The van der Waals surface area contributed by atoms with Crippen molar-refractivity contribution in [3.8, 4) is 0 Å². The maximum Gasteiger partial charge on any atom is 0.246 e. The molecule has 1 fully saturated rings. The molecule has 3 heterocycles. The van der Waals surface area contributed by atoms with Crippen LogP contribution in [0, 0.1) is 6.92 Å². The second-order valence-corrected chi connectivity index (χ2v) is 5.27. The molecular weight excluding hydrogens is 268 g/mol. The zero-order chi connectivity index (χ0) is 15.0. The molecule has 1 atom stereocenters. The molecule has 0 spiro atoms. The summed E-state index contributed by atoms with van der Waals surface area (Å²) < 4.78 is 1.88. The summed E-state index contributed by atoms with van der Waals surface area (Å²) in [5.41, 5.74) is 7.46. The van der Waals surface area contributed by atoms with Crippen molar-refractivity contribution in [3.63, 3.8) is 0 Å². The van der Waals surface area contributed by atoms with E-state index in [9.17, 15) is 4.79 Å². The highest BCUT2D eigenvalue weighted by molar-refractivity contribution is 5.88. The van der Waals surface area contributed by atoms with Crippen LogP contribution in [-0.2, 0) is 4.79 Å². The molecule has 21 heavy (non-hydrogen) atoms. The van der Waals surface area contributed by atoms with Crippen LogP contribution in [-0.4, -0.2) is 43.6 Å². The Hall–Kier alpha value is -2.44. The molecule has 1 aliphatic rings. The van der Waals surface area contributed by atoms with E-state index in [0.29, 0.717) is 12.4 Å². The number of anilines is 1. The third kappa shape index (κ3) is 2.24. The monoisotopic (exact) mass is 286 g/mol. The first-order chi connectivity index (χ1) is 10.1. The first-order valence-electron chi connectivity index (χ1n) is 6.98. The number of piperidine rings is 1. The van der Waals surface area contributed by atoms with Crippen LogP contribution >= 0.6 is 0 Å². The maximum absolute atomic E-state index is 11.8. The van der Waals surface area contributed by atoms with Crippen LogP contribution in [0.2, 0.25) is 0 Å². The summed E-state index contributed by atoms with van der Waals surface area (Å²) >= 11 is 0. The zero-order valence-electron chi connectivity index (χ0n) is 12.0. The van der Waals surface area contributed by atoms with E-state index in [-0.39, 0.29) is 11.9 Å². The molecule has 1 amide bonds. The summed E-state index contributed by atoms with van der Waals surface area (Å²) in [6.45, 7) is 6.82. The number of aromatic nitrogens is 4. The molecule has 0 aliphatic carbocycles. The Kier molecular flexibility index (Phi) is 3.32. The first-order valence-corrected chi connectivity index (χ1v) is 6.98. The van der Waals surface area contributed by atoms with Gasteiger partial charge in [0.05, 0.1) is 17.1 Å². The van der Waals surface area contributed by atoms with Gasteiger partial charge in [-0.2, -0.15) is 5.10 Å². The van der Waals surface area contributed by atoms with E-state index in [1.807, 2.05) is 11.6 Å². The molecule has 2 aromatic rings. The Morgan fingerprint density at radius 2 is 2.33 bits per heavy atom. The van der Waals surface area contributed by atoms with Crippen molar-refractivity contribution < 1.29 is 4.79 Å². The molecular formula is C14H18N6O. The van der Waals surface area contributed by atoms with Crippen molar-refractivity contribution in [1.29, 1.82) is 0 Å². The van der Waals surface area contributed by atoms with E-state index in [1.165, 1.54) is 12.4 Å². The van der Waals surface area contributed by atoms with Crippen LogP contribution in [0.15, 0.2) is 19.0 Å². The maximum atomic E-state index is 11.8. The second-order valence-electron chi connectivity index (χ2n) is 5.27. The van der Waals surface area contributed by atoms with Crippen LogP contribution in [0.1, 0.15) is 24.6 Å². The molecule has 110 valence electrons. The predicted octanol–water partition coefficient (Wildman–Crippen LogP) is 1.07. The van der Waals surface area contributed by atoms with Gasteiger partial charge >= 0.3 is 0 Å². The lowest BCUT2D eigenvalue weighted by molar-refractivity contribution is -0.127. The molecule has 0 radical (unpaired) electrons. The molecule has 0 bridgehead atoms.